The van der Waals surface area contributed by atoms with Crippen LogP contribution in [0.15, 0.2) is 12.2 Å². The molecule has 2 aliphatic heterocycles. The number of ether oxygens (including phenoxy) is 2. The van der Waals surface area contributed by atoms with Crippen LogP contribution in [0.1, 0.15) is 40.5 Å². The molecule has 3 aliphatic carbocycles. The van der Waals surface area contributed by atoms with Crippen molar-refractivity contribution in [3.8, 4) is 0 Å². The summed E-state index contributed by atoms with van der Waals surface area (Å²) in [6.45, 7) is 9.07. The summed E-state index contributed by atoms with van der Waals surface area (Å²) in [4.78, 5) is 0. The summed E-state index contributed by atoms with van der Waals surface area (Å²) >= 11 is 0. The van der Waals surface area contributed by atoms with Crippen molar-refractivity contribution in [3.05, 3.63) is 12.2 Å². The van der Waals surface area contributed by atoms with Gasteiger partial charge in [-0.3, -0.25) is 0 Å². The number of hydrogen-bond acceptors (Lipinski definition) is 2. The highest BCUT2D eigenvalue weighted by molar-refractivity contribution is 5.41. The van der Waals surface area contributed by atoms with E-state index in [1.807, 2.05) is 0 Å². The molecule has 5 aliphatic rings. The Morgan fingerprint density at radius 1 is 0.944 bits per heavy atom. The standard InChI is InChI=1S/C16H22O2/c1-13(2)15(17-13)8-7-9-10-5-6-11(12(9)15)16(10)14(3,4)18-16/h7-12H,5-6H2,1-4H3/t9-,10-,11-,12+,15+,16-/m0/s1. The van der Waals surface area contributed by atoms with Gasteiger partial charge in [-0.15, -0.1) is 0 Å². The summed E-state index contributed by atoms with van der Waals surface area (Å²) in [6, 6.07) is 0. The number of hydrogen-bond donors (Lipinski definition) is 0. The summed E-state index contributed by atoms with van der Waals surface area (Å²) in [5, 5.41) is 0. The fourth-order valence-corrected chi connectivity index (χ4v) is 6.25. The van der Waals surface area contributed by atoms with Gasteiger partial charge in [0.05, 0.1) is 11.2 Å². The van der Waals surface area contributed by atoms with Gasteiger partial charge in [-0.2, -0.15) is 0 Å². The number of epoxide rings is 2. The zero-order valence-corrected chi connectivity index (χ0v) is 11.7. The van der Waals surface area contributed by atoms with Crippen LogP contribution in [-0.4, -0.2) is 22.4 Å². The van der Waals surface area contributed by atoms with E-state index in [4.69, 9.17) is 9.47 Å². The molecule has 2 nitrogen and oxygen atoms in total. The molecule has 6 atom stereocenters. The van der Waals surface area contributed by atoms with E-state index in [-0.39, 0.29) is 22.4 Å². The van der Waals surface area contributed by atoms with Gasteiger partial charge in [0.25, 0.3) is 0 Å². The van der Waals surface area contributed by atoms with Crippen LogP contribution in [0, 0.1) is 23.7 Å². The predicted molar refractivity (Wildman–Crippen MR) is 68.1 cm³/mol. The second-order valence-electron chi connectivity index (χ2n) is 8.06. The minimum Gasteiger partial charge on any atom is -0.362 e. The molecule has 98 valence electrons. The van der Waals surface area contributed by atoms with E-state index in [0.717, 1.165) is 11.8 Å². The molecular formula is C16H22O2. The molecule has 0 aromatic carbocycles. The molecule has 2 spiro atoms. The Bertz CT molecular complexity index is 491. The Morgan fingerprint density at radius 3 is 2.11 bits per heavy atom. The third-order valence-electron chi connectivity index (χ3n) is 6.91. The van der Waals surface area contributed by atoms with Gasteiger partial charge in [0.15, 0.2) is 0 Å². The first-order valence-corrected chi connectivity index (χ1v) is 7.45. The van der Waals surface area contributed by atoms with Crippen LogP contribution in [0.2, 0.25) is 0 Å². The van der Waals surface area contributed by atoms with Crippen molar-refractivity contribution in [3.63, 3.8) is 0 Å². The average molecular weight is 246 g/mol. The highest BCUT2D eigenvalue weighted by atomic mass is 16.6. The molecule has 4 fully saturated rings. The van der Waals surface area contributed by atoms with E-state index in [0.29, 0.717) is 11.8 Å². The fraction of sp³-hybridized carbons (Fsp3) is 0.875. The third kappa shape index (κ3) is 0.757. The smallest absolute Gasteiger partial charge is 0.119 e. The first-order chi connectivity index (χ1) is 8.36. The van der Waals surface area contributed by atoms with Gasteiger partial charge in [-0.1, -0.05) is 12.2 Å². The van der Waals surface area contributed by atoms with Crippen molar-refractivity contribution in [1.29, 1.82) is 0 Å². The van der Waals surface area contributed by atoms with Crippen LogP contribution in [0.25, 0.3) is 0 Å². The van der Waals surface area contributed by atoms with E-state index < -0.39 is 0 Å². The second kappa shape index (κ2) is 2.35. The van der Waals surface area contributed by atoms with E-state index in [2.05, 4.69) is 39.8 Å². The van der Waals surface area contributed by atoms with Crippen molar-refractivity contribution >= 4 is 0 Å². The third-order valence-corrected chi connectivity index (χ3v) is 6.91. The highest BCUT2D eigenvalue weighted by Gasteiger charge is 2.86. The van der Waals surface area contributed by atoms with Gasteiger partial charge in [-0.05, 0) is 58.3 Å². The first-order valence-electron chi connectivity index (χ1n) is 7.45. The van der Waals surface area contributed by atoms with Crippen LogP contribution >= 0.6 is 0 Å². The molecule has 5 rings (SSSR count). The van der Waals surface area contributed by atoms with Gasteiger partial charge in [0.1, 0.15) is 11.2 Å². The van der Waals surface area contributed by atoms with E-state index >= 15 is 0 Å². The number of rotatable bonds is 0. The Kier molecular flexibility index (Phi) is 1.37. The maximum Gasteiger partial charge on any atom is 0.119 e. The van der Waals surface area contributed by atoms with Crippen LogP contribution in [0.3, 0.4) is 0 Å². The molecule has 2 bridgehead atoms. The normalized spacial score (nSPS) is 63.8. The lowest BCUT2D eigenvalue weighted by molar-refractivity contribution is 0.165. The number of allylic oxidation sites excluding steroid dienone is 1. The quantitative estimate of drug-likeness (QED) is 0.485. The Labute approximate surface area is 109 Å². The largest absolute Gasteiger partial charge is 0.362 e. The molecule has 0 aromatic rings. The van der Waals surface area contributed by atoms with Crippen LogP contribution in [0.4, 0.5) is 0 Å². The molecular weight excluding hydrogens is 224 g/mol. The topological polar surface area (TPSA) is 25.1 Å². The lowest BCUT2D eigenvalue weighted by atomic mass is 9.73. The second-order valence-corrected chi connectivity index (χ2v) is 8.06. The Hall–Kier alpha value is -0.340. The summed E-state index contributed by atoms with van der Waals surface area (Å²) in [5.74, 6) is 2.87. The highest BCUT2D eigenvalue weighted by Crippen LogP contribution is 2.79. The predicted octanol–water partition coefficient (Wildman–Crippen LogP) is 2.92. The van der Waals surface area contributed by atoms with Gasteiger partial charge in [0.2, 0.25) is 0 Å². The van der Waals surface area contributed by atoms with Crippen molar-refractivity contribution < 1.29 is 9.47 Å². The Morgan fingerprint density at radius 2 is 1.56 bits per heavy atom. The zero-order chi connectivity index (χ0) is 12.6. The van der Waals surface area contributed by atoms with E-state index in [1.165, 1.54) is 12.8 Å². The first kappa shape index (κ1) is 10.4. The van der Waals surface area contributed by atoms with Gasteiger partial charge < -0.3 is 9.47 Å². The lowest BCUT2D eigenvalue weighted by Gasteiger charge is -2.28. The minimum absolute atomic E-state index is 0.0481. The van der Waals surface area contributed by atoms with E-state index in [1.54, 1.807) is 0 Å². The van der Waals surface area contributed by atoms with Gasteiger partial charge in [-0.25, -0.2) is 0 Å². The maximum atomic E-state index is 6.28. The summed E-state index contributed by atoms with van der Waals surface area (Å²) in [5.41, 5.74) is 0.402. The van der Waals surface area contributed by atoms with Crippen molar-refractivity contribution in [2.75, 3.05) is 0 Å². The molecule has 0 aromatic heterocycles. The summed E-state index contributed by atoms with van der Waals surface area (Å²) in [6.07, 6.45) is 7.55. The number of fused-ring (bicyclic) bond motifs is 4. The average Bonchev–Trinajstić information content (AvgIpc) is 2.80. The minimum atomic E-state index is 0.0481. The van der Waals surface area contributed by atoms with Crippen molar-refractivity contribution in [2.45, 2.75) is 62.9 Å². The molecule has 18 heavy (non-hydrogen) atoms. The SMILES string of the molecule is CC1(C)O[C@]12[C@H]1CC[C@H]2[C@H]2[C@H]1C=C[C@@]21OC1(C)C. The molecule has 0 unspecified atom stereocenters. The molecule has 0 radical (unpaired) electrons. The van der Waals surface area contributed by atoms with Gasteiger partial charge >= 0.3 is 0 Å². The van der Waals surface area contributed by atoms with Crippen LogP contribution in [-0.2, 0) is 9.47 Å². The fourth-order valence-electron chi connectivity index (χ4n) is 6.25. The van der Waals surface area contributed by atoms with Crippen molar-refractivity contribution in [2.24, 2.45) is 23.7 Å². The summed E-state index contributed by atoms with van der Waals surface area (Å²) in [7, 11) is 0. The molecule has 2 saturated heterocycles. The molecule has 0 N–H and O–H groups in total. The van der Waals surface area contributed by atoms with Crippen LogP contribution in [0.5, 0.6) is 0 Å². The molecule has 2 saturated carbocycles. The molecule has 0 amide bonds. The molecule has 2 heteroatoms. The molecule has 2 heterocycles. The van der Waals surface area contributed by atoms with Gasteiger partial charge in [0, 0.05) is 5.92 Å². The van der Waals surface area contributed by atoms with Crippen molar-refractivity contribution in [1.82, 2.24) is 0 Å². The van der Waals surface area contributed by atoms with E-state index in [9.17, 15) is 0 Å². The summed E-state index contributed by atoms with van der Waals surface area (Å²) < 4.78 is 12.4. The Balaban J connectivity index is 1.62. The zero-order valence-electron chi connectivity index (χ0n) is 11.7. The monoisotopic (exact) mass is 246 g/mol. The van der Waals surface area contributed by atoms with Crippen LogP contribution < -0.4 is 0 Å². The lowest BCUT2D eigenvalue weighted by Crippen LogP contribution is -2.35. The maximum absolute atomic E-state index is 6.28.